The lowest BCUT2D eigenvalue weighted by Gasteiger charge is -2.12. The summed E-state index contributed by atoms with van der Waals surface area (Å²) in [5.74, 6) is 0.884. The van der Waals surface area contributed by atoms with Crippen LogP contribution in [0.1, 0.15) is 13.8 Å². The summed E-state index contributed by atoms with van der Waals surface area (Å²) < 4.78 is 5.62. The second-order valence-electron chi connectivity index (χ2n) is 3.27. The molecule has 1 aromatic rings. The van der Waals surface area contributed by atoms with Crippen LogP contribution in [-0.2, 0) is 4.84 Å². The van der Waals surface area contributed by atoms with Gasteiger partial charge in [-0.2, -0.15) is 0 Å². The van der Waals surface area contributed by atoms with E-state index in [1.54, 1.807) is 5.06 Å². The average Bonchev–Trinajstić information content (AvgIpc) is 2.87. The van der Waals surface area contributed by atoms with Crippen LogP contribution < -0.4 is 9.80 Å². The van der Waals surface area contributed by atoms with E-state index in [2.05, 4.69) is 0 Å². The molecule has 1 saturated heterocycles. The summed E-state index contributed by atoms with van der Waals surface area (Å²) in [4.78, 5) is 5.07. The molecule has 1 fully saturated rings. The van der Waals surface area contributed by atoms with Crippen molar-refractivity contribution in [3.8, 4) is 5.75 Å². The molecule has 0 aliphatic carbocycles. The summed E-state index contributed by atoms with van der Waals surface area (Å²) in [5.41, 5.74) is 1.01. The number of nitrogens with zero attached hydrogens (tertiary/aromatic N) is 1. The maximum absolute atomic E-state index is 5.62. The normalized spacial score (nSPS) is 14.8. The van der Waals surface area contributed by atoms with Gasteiger partial charge in [0.25, 0.3) is 0 Å². The first-order valence-corrected chi connectivity index (χ1v) is 4.43. The van der Waals surface area contributed by atoms with E-state index in [-0.39, 0.29) is 6.10 Å². The zero-order valence-corrected chi connectivity index (χ0v) is 7.86. The molecular weight excluding hydrogens is 166 g/mol. The molecule has 0 unspecified atom stereocenters. The minimum atomic E-state index is 0.195. The van der Waals surface area contributed by atoms with Crippen molar-refractivity contribution in [3.05, 3.63) is 24.3 Å². The first-order chi connectivity index (χ1) is 6.27. The molecule has 0 spiro atoms. The molecule has 1 aromatic carbocycles. The smallest absolute Gasteiger partial charge is 0.171 e. The number of hydrogen-bond acceptors (Lipinski definition) is 3. The SMILES string of the molecule is CC(C)Oc1ccccc1N1CO1. The van der Waals surface area contributed by atoms with Gasteiger partial charge < -0.3 is 4.74 Å². The van der Waals surface area contributed by atoms with Gasteiger partial charge in [-0.25, -0.2) is 9.90 Å². The maximum Gasteiger partial charge on any atom is 0.171 e. The number of ether oxygens (including phenoxy) is 1. The van der Waals surface area contributed by atoms with Gasteiger partial charge in [-0.3, -0.25) is 0 Å². The Morgan fingerprint density at radius 3 is 2.69 bits per heavy atom. The predicted octanol–water partition coefficient (Wildman–Crippen LogP) is 2.18. The zero-order chi connectivity index (χ0) is 9.26. The maximum atomic E-state index is 5.62. The van der Waals surface area contributed by atoms with Gasteiger partial charge in [-0.15, -0.1) is 0 Å². The van der Waals surface area contributed by atoms with Gasteiger partial charge in [0.1, 0.15) is 11.4 Å². The van der Waals surface area contributed by atoms with Gasteiger partial charge in [0, 0.05) is 0 Å². The van der Waals surface area contributed by atoms with Crippen molar-refractivity contribution < 1.29 is 9.57 Å². The van der Waals surface area contributed by atoms with E-state index < -0.39 is 0 Å². The molecule has 0 aromatic heterocycles. The number of benzene rings is 1. The Morgan fingerprint density at radius 2 is 2.08 bits per heavy atom. The van der Waals surface area contributed by atoms with E-state index >= 15 is 0 Å². The zero-order valence-electron chi connectivity index (χ0n) is 7.86. The quantitative estimate of drug-likeness (QED) is 0.665. The number of para-hydroxylation sites is 2. The van der Waals surface area contributed by atoms with E-state index in [0.717, 1.165) is 11.4 Å². The highest BCUT2D eigenvalue weighted by Crippen LogP contribution is 2.33. The van der Waals surface area contributed by atoms with Crippen molar-refractivity contribution in [3.63, 3.8) is 0 Å². The first kappa shape index (κ1) is 8.38. The van der Waals surface area contributed by atoms with Gasteiger partial charge in [0.2, 0.25) is 0 Å². The Hall–Kier alpha value is -1.22. The minimum Gasteiger partial charge on any atom is -0.489 e. The molecule has 0 saturated carbocycles. The second kappa shape index (κ2) is 3.26. The lowest BCUT2D eigenvalue weighted by molar-refractivity contribution is 0.242. The van der Waals surface area contributed by atoms with Crippen molar-refractivity contribution in [2.75, 3.05) is 11.8 Å². The Morgan fingerprint density at radius 1 is 1.38 bits per heavy atom. The molecule has 3 heteroatoms. The Kier molecular flexibility index (Phi) is 2.10. The van der Waals surface area contributed by atoms with Crippen LogP contribution in [0, 0.1) is 0 Å². The Labute approximate surface area is 77.8 Å². The van der Waals surface area contributed by atoms with Crippen LogP contribution in [-0.4, -0.2) is 12.8 Å². The van der Waals surface area contributed by atoms with Crippen LogP contribution in [0.4, 0.5) is 5.69 Å². The van der Waals surface area contributed by atoms with Crippen LogP contribution in [0.5, 0.6) is 5.75 Å². The molecule has 1 aliphatic rings. The average molecular weight is 179 g/mol. The van der Waals surface area contributed by atoms with Gasteiger partial charge in [0.15, 0.2) is 6.73 Å². The van der Waals surface area contributed by atoms with Crippen molar-refractivity contribution in [2.45, 2.75) is 20.0 Å². The summed E-state index contributed by atoms with van der Waals surface area (Å²) in [6.45, 7) is 4.69. The predicted molar refractivity (Wildman–Crippen MR) is 50.6 cm³/mol. The molecule has 0 atom stereocenters. The van der Waals surface area contributed by atoms with E-state index in [1.165, 1.54) is 0 Å². The number of anilines is 1. The van der Waals surface area contributed by atoms with E-state index in [9.17, 15) is 0 Å². The van der Waals surface area contributed by atoms with Gasteiger partial charge in [0.05, 0.1) is 6.10 Å². The molecule has 0 amide bonds. The Bertz CT molecular complexity index is 295. The summed E-state index contributed by atoms with van der Waals surface area (Å²) in [7, 11) is 0. The topological polar surface area (TPSA) is 24.8 Å². The lowest BCUT2D eigenvalue weighted by Crippen LogP contribution is -2.07. The van der Waals surface area contributed by atoms with Crippen LogP contribution in [0.3, 0.4) is 0 Å². The van der Waals surface area contributed by atoms with Gasteiger partial charge >= 0.3 is 0 Å². The molecule has 3 nitrogen and oxygen atoms in total. The molecule has 2 rings (SSSR count). The van der Waals surface area contributed by atoms with Gasteiger partial charge in [-0.1, -0.05) is 12.1 Å². The van der Waals surface area contributed by atoms with Crippen LogP contribution in [0.2, 0.25) is 0 Å². The van der Waals surface area contributed by atoms with Crippen molar-refractivity contribution in [2.24, 2.45) is 0 Å². The second-order valence-corrected chi connectivity index (χ2v) is 3.27. The molecule has 70 valence electrons. The summed E-state index contributed by atoms with van der Waals surface area (Å²) in [5, 5.41) is 1.80. The fourth-order valence-corrected chi connectivity index (χ4v) is 1.18. The fourth-order valence-electron chi connectivity index (χ4n) is 1.18. The number of hydrogen-bond donors (Lipinski definition) is 0. The highest BCUT2D eigenvalue weighted by atomic mass is 16.8. The summed E-state index contributed by atoms with van der Waals surface area (Å²) >= 11 is 0. The molecule has 1 aliphatic heterocycles. The highest BCUT2D eigenvalue weighted by Gasteiger charge is 2.23. The monoisotopic (exact) mass is 179 g/mol. The third kappa shape index (κ3) is 1.92. The van der Waals surface area contributed by atoms with E-state index in [1.807, 2.05) is 38.1 Å². The molecular formula is C10H13NO2. The highest BCUT2D eigenvalue weighted by molar-refractivity contribution is 5.58. The van der Waals surface area contributed by atoms with E-state index in [4.69, 9.17) is 9.57 Å². The van der Waals surface area contributed by atoms with Gasteiger partial charge in [-0.05, 0) is 26.0 Å². The summed E-state index contributed by atoms with van der Waals surface area (Å²) in [6.07, 6.45) is 0.195. The Balaban J connectivity index is 2.21. The van der Waals surface area contributed by atoms with Crippen LogP contribution >= 0.6 is 0 Å². The van der Waals surface area contributed by atoms with E-state index in [0.29, 0.717) is 6.73 Å². The van der Waals surface area contributed by atoms with Crippen molar-refractivity contribution in [1.29, 1.82) is 0 Å². The number of rotatable bonds is 3. The number of hydroxylamine groups is 1. The first-order valence-electron chi connectivity index (χ1n) is 4.43. The molecule has 13 heavy (non-hydrogen) atoms. The molecule has 0 N–H and O–H groups in total. The standard InChI is InChI=1S/C10H13NO2/c1-8(2)13-10-6-4-3-5-9(10)11-7-12-11/h3-6,8H,7H2,1-2H3. The molecule has 0 radical (unpaired) electrons. The third-order valence-electron chi connectivity index (χ3n) is 1.75. The lowest BCUT2D eigenvalue weighted by atomic mass is 10.3. The molecule has 1 heterocycles. The van der Waals surface area contributed by atoms with Crippen molar-refractivity contribution in [1.82, 2.24) is 0 Å². The largest absolute Gasteiger partial charge is 0.489 e. The van der Waals surface area contributed by atoms with Crippen LogP contribution in [0.15, 0.2) is 24.3 Å². The van der Waals surface area contributed by atoms with Crippen molar-refractivity contribution >= 4 is 5.69 Å². The summed E-state index contributed by atoms with van der Waals surface area (Å²) in [6, 6.07) is 7.89. The minimum absolute atomic E-state index is 0.195. The third-order valence-corrected chi connectivity index (χ3v) is 1.75. The molecule has 0 bridgehead atoms. The van der Waals surface area contributed by atoms with Crippen LogP contribution in [0.25, 0.3) is 0 Å². The fraction of sp³-hybridized carbons (Fsp3) is 0.400.